The van der Waals surface area contributed by atoms with E-state index in [0.717, 1.165) is 0 Å². The van der Waals surface area contributed by atoms with Crippen molar-refractivity contribution in [2.24, 2.45) is 0 Å². The topological polar surface area (TPSA) is 76.7 Å². The molecule has 0 unspecified atom stereocenters. The van der Waals surface area contributed by atoms with E-state index in [4.69, 9.17) is 9.47 Å². The molecular formula is C16H14N2O4. The maximum absolute atomic E-state index is 12.0. The van der Waals surface area contributed by atoms with E-state index in [9.17, 15) is 9.59 Å². The first-order chi connectivity index (χ1) is 10.7. The summed E-state index contributed by atoms with van der Waals surface area (Å²) < 4.78 is 10.4. The van der Waals surface area contributed by atoms with Crippen molar-refractivity contribution in [3.05, 3.63) is 54.1 Å². The molecule has 0 spiro atoms. The fraction of sp³-hybridized carbons (Fsp3) is 0.125. The maximum Gasteiger partial charge on any atom is 0.251 e. The van der Waals surface area contributed by atoms with Gasteiger partial charge in [0.15, 0.2) is 11.5 Å². The molecule has 112 valence electrons. The summed E-state index contributed by atoms with van der Waals surface area (Å²) in [6.45, 7) is 0.0437. The van der Waals surface area contributed by atoms with Crippen LogP contribution in [0.1, 0.15) is 10.4 Å². The van der Waals surface area contributed by atoms with Crippen LogP contribution in [-0.2, 0) is 4.79 Å². The van der Waals surface area contributed by atoms with Gasteiger partial charge < -0.3 is 20.1 Å². The van der Waals surface area contributed by atoms with Crippen LogP contribution in [0.4, 0.5) is 5.69 Å². The molecule has 2 aromatic carbocycles. The molecule has 0 bridgehead atoms. The van der Waals surface area contributed by atoms with Crippen LogP contribution in [0.5, 0.6) is 11.5 Å². The molecule has 0 saturated heterocycles. The Hall–Kier alpha value is -3.02. The highest BCUT2D eigenvalue weighted by atomic mass is 16.7. The van der Waals surface area contributed by atoms with Crippen molar-refractivity contribution in [1.82, 2.24) is 5.32 Å². The van der Waals surface area contributed by atoms with Gasteiger partial charge in [0.2, 0.25) is 12.7 Å². The first-order valence-corrected chi connectivity index (χ1v) is 6.75. The summed E-state index contributed by atoms with van der Waals surface area (Å²) in [5, 5.41) is 5.25. The lowest BCUT2D eigenvalue weighted by atomic mass is 10.2. The average molecular weight is 298 g/mol. The minimum absolute atomic E-state index is 0.109. The van der Waals surface area contributed by atoms with Gasteiger partial charge in [0.1, 0.15) is 0 Å². The summed E-state index contributed by atoms with van der Waals surface area (Å²) in [6.07, 6.45) is 0. The predicted octanol–water partition coefficient (Wildman–Crippen LogP) is 1.78. The Bertz CT molecular complexity index is 701. The maximum atomic E-state index is 12.0. The minimum atomic E-state index is -0.346. The van der Waals surface area contributed by atoms with Gasteiger partial charge in [0.25, 0.3) is 5.91 Å². The van der Waals surface area contributed by atoms with Crippen LogP contribution in [0.25, 0.3) is 0 Å². The van der Waals surface area contributed by atoms with Gasteiger partial charge in [0.05, 0.1) is 6.54 Å². The summed E-state index contributed by atoms with van der Waals surface area (Å²) in [4.78, 5) is 23.8. The second-order valence-electron chi connectivity index (χ2n) is 4.66. The predicted molar refractivity (Wildman–Crippen MR) is 80.0 cm³/mol. The van der Waals surface area contributed by atoms with E-state index < -0.39 is 0 Å². The van der Waals surface area contributed by atoms with Crippen LogP contribution in [0, 0.1) is 0 Å². The normalized spacial score (nSPS) is 11.8. The van der Waals surface area contributed by atoms with E-state index in [2.05, 4.69) is 10.6 Å². The van der Waals surface area contributed by atoms with Crippen LogP contribution in [-0.4, -0.2) is 25.2 Å². The third-order valence-corrected chi connectivity index (χ3v) is 3.10. The zero-order chi connectivity index (χ0) is 15.4. The summed E-state index contributed by atoms with van der Waals surface area (Å²) in [6, 6.07) is 13.9. The van der Waals surface area contributed by atoms with E-state index in [1.807, 2.05) is 18.2 Å². The second-order valence-corrected chi connectivity index (χ2v) is 4.66. The number of nitrogens with one attached hydrogen (secondary N) is 2. The fourth-order valence-electron chi connectivity index (χ4n) is 2.03. The molecule has 1 aliphatic heterocycles. The molecule has 2 amide bonds. The Balaban J connectivity index is 1.55. The van der Waals surface area contributed by atoms with Gasteiger partial charge in [-0.2, -0.15) is 0 Å². The van der Waals surface area contributed by atoms with Crippen molar-refractivity contribution in [2.45, 2.75) is 0 Å². The number of benzene rings is 2. The molecule has 0 radical (unpaired) electrons. The number of fused-ring (bicyclic) bond motifs is 1. The van der Waals surface area contributed by atoms with Crippen molar-refractivity contribution in [3.8, 4) is 11.5 Å². The Labute approximate surface area is 127 Å². The van der Waals surface area contributed by atoms with Gasteiger partial charge in [-0.05, 0) is 30.3 Å². The Morgan fingerprint density at radius 1 is 1.00 bits per heavy atom. The van der Waals surface area contributed by atoms with Crippen LogP contribution >= 0.6 is 0 Å². The summed E-state index contributed by atoms with van der Waals surface area (Å²) in [7, 11) is 0. The number of rotatable bonds is 4. The number of anilines is 1. The number of para-hydroxylation sites is 1. The molecule has 1 aliphatic rings. The van der Waals surface area contributed by atoms with Gasteiger partial charge in [-0.15, -0.1) is 0 Å². The standard InChI is InChI=1S/C16H14N2O4/c19-15(18-12-4-2-1-3-5-12)9-17-16(20)11-6-7-13-14(8-11)22-10-21-13/h1-8H,9-10H2,(H,17,20)(H,18,19). The lowest BCUT2D eigenvalue weighted by molar-refractivity contribution is -0.115. The molecular weight excluding hydrogens is 284 g/mol. The van der Waals surface area contributed by atoms with Crippen molar-refractivity contribution < 1.29 is 19.1 Å². The van der Waals surface area contributed by atoms with E-state index in [0.29, 0.717) is 22.7 Å². The molecule has 6 nitrogen and oxygen atoms in total. The Kier molecular flexibility index (Phi) is 3.91. The minimum Gasteiger partial charge on any atom is -0.454 e. The summed E-state index contributed by atoms with van der Waals surface area (Å²) in [5.74, 6) is 0.501. The SMILES string of the molecule is O=C(CNC(=O)c1ccc2c(c1)OCO2)Nc1ccccc1. The highest BCUT2D eigenvalue weighted by molar-refractivity contribution is 5.99. The monoisotopic (exact) mass is 298 g/mol. The number of hydrogen-bond acceptors (Lipinski definition) is 4. The van der Waals surface area contributed by atoms with Gasteiger partial charge in [0, 0.05) is 11.3 Å². The van der Waals surface area contributed by atoms with Gasteiger partial charge in [-0.3, -0.25) is 9.59 Å². The van der Waals surface area contributed by atoms with Crippen molar-refractivity contribution in [3.63, 3.8) is 0 Å². The van der Waals surface area contributed by atoms with Crippen molar-refractivity contribution in [2.75, 3.05) is 18.7 Å². The largest absolute Gasteiger partial charge is 0.454 e. The molecule has 0 fully saturated rings. The Morgan fingerprint density at radius 3 is 2.59 bits per heavy atom. The van der Waals surface area contributed by atoms with Gasteiger partial charge >= 0.3 is 0 Å². The summed E-state index contributed by atoms with van der Waals surface area (Å²) >= 11 is 0. The molecule has 0 aromatic heterocycles. The van der Waals surface area contributed by atoms with E-state index in [1.54, 1.807) is 30.3 Å². The number of ether oxygens (including phenoxy) is 2. The smallest absolute Gasteiger partial charge is 0.251 e. The molecule has 0 aliphatic carbocycles. The molecule has 0 saturated carbocycles. The number of hydrogen-bond donors (Lipinski definition) is 2. The van der Waals surface area contributed by atoms with Gasteiger partial charge in [-0.25, -0.2) is 0 Å². The molecule has 1 heterocycles. The first-order valence-electron chi connectivity index (χ1n) is 6.75. The van der Waals surface area contributed by atoms with Crippen LogP contribution < -0.4 is 20.1 Å². The third-order valence-electron chi connectivity index (χ3n) is 3.10. The highest BCUT2D eigenvalue weighted by Gasteiger charge is 2.16. The lowest BCUT2D eigenvalue weighted by Gasteiger charge is -2.07. The quantitative estimate of drug-likeness (QED) is 0.902. The van der Waals surface area contributed by atoms with E-state index >= 15 is 0 Å². The molecule has 3 rings (SSSR count). The second kappa shape index (κ2) is 6.17. The fourth-order valence-corrected chi connectivity index (χ4v) is 2.03. The van der Waals surface area contributed by atoms with Crippen LogP contribution in [0.15, 0.2) is 48.5 Å². The van der Waals surface area contributed by atoms with Crippen LogP contribution in [0.2, 0.25) is 0 Å². The zero-order valence-corrected chi connectivity index (χ0v) is 11.7. The molecule has 2 N–H and O–H groups in total. The third kappa shape index (κ3) is 3.17. The lowest BCUT2D eigenvalue weighted by Crippen LogP contribution is -2.32. The average Bonchev–Trinajstić information content (AvgIpc) is 3.01. The molecule has 22 heavy (non-hydrogen) atoms. The van der Waals surface area contributed by atoms with E-state index in [-0.39, 0.29) is 25.2 Å². The first kappa shape index (κ1) is 13.9. The summed E-state index contributed by atoms with van der Waals surface area (Å²) in [5.41, 5.74) is 1.10. The number of amides is 2. The van der Waals surface area contributed by atoms with Crippen LogP contribution in [0.3, 0.4) is 0 Å². The molecule has 0 atom stereocenters. The van der Waals surface area contributed by atoms with Crippen molar-refractivity contribution >= 4 is 17.5 Å². The Morgan fingerprint density at radius 2 is 1.77 bits per heavy atom. The molecule has 2 aromatic rings. The zero-order valence-electron chi connectivity index (χ0n) is 11.7. The number of carbonyl (C=O) groups excluding carboxylic acids is 2. The van der Waals surface area contributed by atoms with Gasteiger partial charge in [-0.1, -0.05) is 18.2 Å². The molecule has 6 heteroatoms. The number of carbonyl (C=O) groups is 2. The highest BCUT2D eigenvalue weighted by Crippen LogP contribution is 2.32. The van der Waals surface area contributed by atoms with Crippen molar-refractivity contribution in [1.29, 1.82) is 0 Å². The van der Waals surface area contributed by atoms with E-state index in [1.165, 1.54) is 0 Å².